The van der Waals surface area contributed by atoms with Crippen molar-refractivity contribution in [3.05, 3.63) is 18.2 Å². The number of rotatable bonds is 4. The number of amides is 1. The molecule has 1 aromatic carbocycles. The van der Waals surface area contributed by atoms with Gasteiger partial charge in [0.05, 0.1) is 17.3 Å². The third kappa shape index (κ3) is 3.92. The molecular formula is C15H19NO5S2. The summed E-state index contributed by atoms with van der Waals surface area (Å²) in [5.74, 6) is 1.87. The molecular weight excluding hydrogens is 338 g/mol. The van der Waals surface area contributed by atoms with Crippen molar-refractivity contribution in [3.63, 3.8) is 0 Å². The molecule has 0 aliphatic carbocycles. The lowest BCUT2D eigenvalue weighted by atomic mass is 10.2. The molecule has 126 valence electrons. The molecule has 23 heavy (non-hydrogen) atoms. The van der Waals surface area contributed by atoms with Gasteiger partial charge in [-0.15, -0.1) is 11.8 Å². The molecule has 1 aromatic rings. The summed E-state index contributed by atoms with van der Waals surface area (Å²) in [6.07, 6.45) is 0.527. The Bertz CT molecular complexity index is 704. The van der Waals surface area contributed by atoms with Crippen LogP contribution in [-0.2, 0) is 14.6 Å². The average Bonchev–Trinajstić information content (AvgIpc) is 2.91. The summed E-state index contributed by atoms with van der Waals surface area (Å²) in [5.41, 5.74) is 0. The fourth-order valence-corrected chi connectivity index (χ4v) is 5.27. The molecule has 0 radical (unpaired) electrons. The molecule has 1 saturated heterocycles. The van der Waals surface area contributed by atoms with E-state index in [1.165, 1.54) is 11.8 Å². The zero-order valence-corrected chi connectivity index (χ0v) is 14.5. The number of sulfone groups is 1. The summed E-state index contributed by atoms with van der Waals surface area (Å²) in [4.78, 5) is 14.7. The highest BCUT2D eigenvalue weighted by Crippen LogP contribution is 2.34. The highest BCUT2D eigenvalue weighted by atomic mass is 32.2. The largest absolute Gasteiger partial charge is 0.486 e. The maximum absolute atomic E-state index is 12.3. The van der Waals surface area contributed by atoms with Crippen LogP contribution in [0.25, 0.3) is 0 Å². The molecule has 2 heterocycles. The van der Waals surface area contributed by atoms with E-state index in [0.29, 0.717) is 25.4 Å². The quantitative estimate of drug-likeness (QED) is 0.754. The lowest BCUT2D eigenvalue weighted by Crippen LogP contribution is -2.38. The molecule has 1 amide bonds. The van der Waals surface area contributed by atoms with Crippen molar-refractivity contribution in [2.24, 2.45) is 0 Å². The van der Waals surface area contributed by atoms with Crippen LogP contribution in [0.2, 0.25) is 0 Å². The van der Waals surface area contributed by atoms with Crippen LogP contribution in [0.3, 0.4) is 0 Å². The number of fused-ring (bicyclic) bond motifs is 1. The van der Waals surface area contributed by atoms with Gasteiger partial charge in [-0.1, -0.05) is 0 Å². The van der Waals surface area contributed by atoms with Crippen molar-refractivity contribution in [2.45, 2.75) is 17.4 Å². The van der Waals surface area contributed by atoms with Gasteiger partial charge in [-0.05, 0) is 24.6 Å². The molecule has 0 unspecified atom stereocenters. The molecule has 8 heteroatoms. The number of nitrogens with zero attached hydrogens (tertiary/aromatic N) is 1. The highest BCUT2D eigenvalue weighted by Gasteiger charge is 2.32. The van der Waals surface area contributed by atoms with Gasteiger partial charge in [0, 0.05) is 18.0 Å². The van der Waals surface area contributed by atoms with Gasteiger partial charge in [-0.2, -0.15) is 0 Å². The number of carbonyl (C=O) groups is 1. The summed E-state index contributed by atoms with van der Waals surface area (Å²) in [7, 11) is -1.30. The Labute approximate surface area is 140 Å². The van der Waals surface area contributed by atoms with Crippen molar-refractivity contribution in [1.82, 2.24) is 4.90 Å². The van der Waals surface area contributed by atoms with Crippen molar-refractivity contribution in [1.29, 1.82) is 0 Å². The first kappa shape index (κ1) is 16.4. The fraction of sp³-hybridized carbons (Fsp3) is 0.533. The minimum absolute atomic E-state index is 0.0630. The van der Waals surface area contributed by atoms with Crippen LogP contribution >= 0.6 is 11.8 Å². The number of carbonyl (C=O) groups excluding carboxylic acids is 1. The minimum atomic E-state index is -2.98. The Hall–Kier alpha value is -1.41. The summed E-state index contributed by atoms with van der Waals surface area (Å²) in [6.45, 7) is 1.08. The highest BCUT2D eigenvalue weighted by molar-refractivity contribution is 8.00. The maximum atomic E-state index is 12.3. The lowest BCUT2D eigenvalue weighted by molar-refractivity contribution is -0.128. The molecule has 2 aliphatic heterocycles. The third-order valence-corrected chi connectivity index (χ3v) is 6.75. The maximum Gasteiger partial charge on any atom is 0.232 e. The second-order valence-electron chi connectivity index (χ2n) is 5.66. The van der Waals surface area contributed by atoms with E-state index in [9.17, 15) is 13.2 Å². The van der Waals surface area contributed by atoms with Crippen LogP contribution in [0, 0.1) is 0 Å². The van der Waals surface area contributed by atoms with E-state index in [2.05, 4.69) is 0 Å². The van der Waals surface area contributed by atoms with Crippen LogP contribution in [-0.4, -0.2) is 62.8 Å². The number of hydrogen-bond donors (Lipinski definition) is 0. The van der Waals surface area contributed by atoms with Gasteiger partial charge in [-0.3, -0.25) is 4.79 Å². The van der Waals surface area contributed by atoms with Crippen molar-refractivity contribution in [2.75, 3.05) is 37.5 Å². The van der Waals surface area contributed by atoms with Gasteiger partial charge in [0.2, 0.25) is 5.91 Å². The SMILES string of the molecule is CN(C(=O)CSc1ccc2c(c1)OCCO2)[C@H]1CCS(=O)(=O)C1. The molecule has 1 atom stereocenters. The normalized spacial score (nSPS) is 21.9. The summed E-state index contributed by atoms with van der Waals surface area (Å²) >= 11 is 1.41. The molecule has 0 saturated carbocycles. The molecule has 0 spiro atoms. The van der Waals surface area contributed by atoms with E-state index in [1.807, 2.05) is 18.2 Å². The molecule has 1 fully saturated rings. The van der Waals surface area contributed by atoms with Gasteiger partial charge >= 0.3 is 0 Å². The molecule has 0 aromatic heterocycles. The van der Waals surface area contributed by atoms with Gasteiger partial charge in [0.15, 0.2) is 21.3 Å². The van der Waals surface area contributed by atoms with Gasteiger partial charge in [0.25, 0.3) is 0 Å². The minimum Gasteiger partial charge on any atom is -0.486 e. The lowest BCUT2D eigenvalue weighted by Gasteiger charge is -2.23. The number of hydrogen-bond acceptors (Lipinski definition) is 6. The van der Waals surface area contributed by atoms with Gasteiger partial charge < -0.3 is 14.4 Å². The van der Waals surface area contributed by atoms with Crippen LogP contribution < -0.4 is 9.47 Å². The Morgan fingerprint density at radius 1 is 1.30 bits per heavy atom. The first-order valence-corrected chi connectivity index (χ1v) is 10.2. The van der Waals surface area contributed by atoms with Gasteiger partial charge in [0.1, 0.15) is 13.2 Å². The fourth-order valence-electron chi connectivity index (χ4n) is 2.64. The monoisotopic (exact) mass is 357 g/mol. The second kappa shape index (κ2) is 6.60. The van der Waals surface area contributed by atoms with Crippen LogP contribution in [0.4, 0.5) is 0 Å². The van der Waals surface area contributed by atoms with Crippen molar-refractivity contribution < 1.29 is 22.7 Å². The summed E-state index contributed by atoms with van der Waals surface area (Å²) < 4.78 is 34.0. The predicted octanol–water partition coefficient (Wildman–Crippen LogP) is 1.20. The first-order valence-electron chi connectivity index (χ1n) is 7.43. The van der Waals surface area contributed by atoms with E-state index in [0.717, 1.165) is 10.6 Å². The van der Waals surface area contributed by atoms with E-state index in [4.69, 9.17) is 9.47 Å². The number of thioether (sulfide) groups is 1. The number of benzene rings is 1. The van der Waals surface area contributed by atoms with Crippen molar-refractivity contribution >= 4 is 27.5 Å². The Kier molecular flexibility index (Phi) is 4.72. The van der Waals surface area contributed by atoms with Crippen LogP contribution in [0.15, 0.2) is 23.1 Å². The predicted molar refractivity (Wildman–Crippen MR) is 88.0 cm³/mol. The third-order valence-electron chi connectivity index (χ3n) is 4.03. The zero-order valence-electron chi connectivity index (χ0n) is 12.9. The topological polar surface area (TPSA) is 72.9 Å². The average molecular weight is 357 g/mol. The van der Waals surface area contributed by atoms with Crippen LogP contribution in [0.1, 0.15) is 6.42 Å². The summed E-state index contributed by atoms with van der Waals surface area (Å²) in [5, 5.41) is 0. The standard InChI is InChI=1S/C15H19NO5S2/c1-16(11-4-7-23(18,19)10-11)15(17)9-22-12-2-3-13-14(8-12)21-6-5-20-13/h2-3,8,11H,4-7,9-10H2,1H3/t11-/m0/s1. The molecule has 3 rings (SSSR count). The van der Waals surface area contributed by atoms with E-state index < -0.39 is 9.84 Å². The molecule has 2 aliphatic rings. The van der Waals surface area contributed by atoms with Crippen molar-refractivity contribution in [3.8, 4) is 11.5 Å². The zero-order chi connectivity index (χ0) is 16.4. The Balaban J connectivity index is 1.56. The first-order chi connectivity index (χ1) is 10.9. The second-order valence-corrected chi connectivity index (χ2v) is 8.93. The van der Waals surface area contributed by atoms with E-state index >= 15 is 0 Å². The summed E-state index contributed by atoms with van der Waals surface area (Å²) in [6, 6.07) is 5.40. The molecule has 0 bridgehead atoms. The van der Waals surface area contributed by atoms with Gasteiger partial charge in [-0.25, -0.2) is 8.42 Å². The van der Waals surface area contributed by atoms with E-state index in [-0.39, 0.29) is 29.2 Å². The smallest absolute Gasteiger partial charge is 0.232 e. The van der Waals surface area contributed by atoms with Crippen LogP contribution in [0.5, 0.6) is 11.5 Å². The Morgan fingerprint density at radius 2 is 2.04 bits per heavy atom. The molecule has 6 nitrogen and oxygen atoms in total. The Morgan fingerprint density at radius 3 is 2.74 bits per heavy atom. The molecule has 0 N–H and O–H groups in total. The number of ether oxygens (including phenoxy) is 2. The van der Waals surface area contributed by atoms with E-state index in [1.54, 1.807) is 11.9 Å².